The van der Waals surface area contributed by atoms with Gasteiger partial charge in [0.05, 0.1) is 33.5 Å². The van der Waals surface area contributed by atoms with Crippen LogP contribution in [0.5, 0.6) is 0 Å². The van der Waals surface area contributed by atoms with Crippen LogP contribution in [-0.2, 0) is 0 Å². The summed E-state index contributed by atoms with van der Waals surface area (Å²) in [4.78, 5) is 10.6. The number of aromatic nitrogens is 4. The molecular weight excluding hydrogens is 897 g/mol. The lowest BCUT2D eigenvalue weighted by atomic mass is 9.98. The van der Waals surface area contributed by atoms with Gasteiger partial charge in [-0.3, -0.25) is 0 Å². The Hall–Kier alpha value is -9.90. The van der Waals surface area contributed by atoms with Crippen LogP contribution in [0.4, 0.5) is 0 Å². The number of para-hydroxylation sites is 2. The highest BCUT2D eigenvalue weighted by atomic mass is 15.0. The van der Waals surface area contributed by atoms with Crippen LogP contribution in [0.2, 0.25) is 0 Å². The third kappa shape index (κ3) is 7.65. The zero-order chi connectivity index (χ0) is 49.0. The Labute approximate surface area is 429 Å². The highest BCUT2D eigenvalue weighted by Gasteiger charge is 2.20. The van der Waals surface area contributed by atoms with E-state index in [-0.39, 0.29) is 0 Å². The smallest absolute Gasteiger partial charge is 0.160 e. The van der Waals surface area contributed by atoms with E-state index in [1.54, 1.807) is 0 Å². The normalized spacial score (nSPS) is 11.5. The molecule has 0 amide bonds. The molecule has 3 aromatic heterocycles. The predicted molar refractivity (Wildman–Crippen MR) is 309 cm³/mol. The van der Waals surface area contributed by atoms with Crippen LogP contribution in [0.3, 0.4) is 0 Å². The highest BCUT2D eigenvalue weighted by Crippen LogP contribution is 2.41. The minimum absolute atomic E-state index is 0.676. The van der Waals surface area contributed by atoms with Crippen molar-refractivity contribution in [1.29, 1.82) is 0 Å². The molecule has 0 spiro atoms. The van der Waals surface area contributed by atoms with E-state index in [4.69, 9.17) is 9.97 Å². The first-order valence-corrected chi connectivity index (χ1v) is 25.2. The second-order valence-corrected chi connectivity index (χ2v) is 19.0. The maximum atomic E-state index is 5.41. The molecule has 0 atom stereocenters. The zero-order valence-corrected chi connectivity index (χ0v) is 40.3. The van der Waals surface area contributed by atoms with Crippen molar-refractivity contribution in [3.63, 3.8) is 0 Å². The molecule has 0 radical (unpaired) electrons. The Balaban J connectivity index is 1.00. The number of benzene rings is 11. The Morgan fingerprint density at radius 1 is 0.203 bits per heavy atom. The molecule has 14 aromatic rings. The van der Waals surface area contributed by atoms with Gasteiger partial charge in [0.1, 0.15) is 0 Å². The molecule has 74 heavy (non-hydrogen) atoms. The van der Waals surface area contributed by atoms with Gasteiger partial charge in [0.15, 0.2) is 5.82 Å². The molecule has 0 unspecified atom stereocenters. The molecular formula is C70H46N4. The average Bonchev–Trinajstić information content (AvgIpc) is 4.00. The Morgan fingerprint density at radius 2 is 0.554 bits per heavy atom. The number of rotatable bonds is 9. The number of fused-ring (bicyclic) bond motifs is 6. The molecule has 0 aliphatic heterocycles. The van der Waals surface area contributed by atoms with E-state index >= 15 is 0 Å². The summed E-state index contributed by atoms with van der Waals surface area (Å²) >= 11 is 0. The van der Waals surface area contributed by atoms with Crippen LogP contribution in [-0.4, -0.2) is 19.1 Å². The third-order valence-corrected chi connectivity index (χ3v) is 14.5. The van der Waals surface area contributed by atoms with Gasteiger partial charge in [-0.05, 0) is 117 Å². The van der Waals surface area contributed by atoms with Crippen molar-refractivity contribution in [2.45, 2.75) is 0 Å². The van der Waals surface area contributed by atoms with Crippen LogP contribution in [0.25, 0.3) is 133 Å². The summed E-state index contributed by atoms with van der Waals surface area (Å²) in [5, 5.41) is 4.76. The lowest BCUT2D eigenvalue weighted by molar-refractivity contribution is 1.13. The molecule has 0 aliphatic rings. The summed E-state index contributed by atoms with van der Waals surface area (Å²) < 4.78 is 4.87. The Kier molecular flexibility index (Phi) is 10.5. The van der Waals surface area contributed by atoms with E-state index in [2.05, 4.69) is 264 Å². The minimum Gasteiger partial charge on any atom is -0.309 e. The lowest BCUT2D eigenvalue weighted by Gasteiger charge is -2.17. The van der Waals surface area contributed by atoms with Gasteiger partial charge in [-0.15, -0.1) is 0 Å². The van der Waals surface area contributed by atoms with Gasteiger partial charge >= 0.3 is 0 Å². The minimum atomic E-state index is 0.676. The van der Waals surface area contributed by atoms with E-state index in [9.17, 15) is 0 Å². The average molecular weight is 943 g/mol. The fraction of sp³-hybridized carbons (Fsp3) is 0. The summed E-state index contributed by atoms with van der Waals surface area (Å²) in [5.41, 5.74) is 20.8. The van der Waals surface area contributed by atoms with Crippen LogP contribution < -0.4 is 0 Å². The Bertz CT molecular complexity index is 4120. The quantitative estimate of drug-likeness (QED) is 0.145. The van der Waals surface area contributed by atoms with Crippen LogP contribution >= 0.6 is 0 Å². The second kappa shape index (κ2) is 18.1. The molecule has 346 valence electrons. The van der Waals surface area contributed by atoms with Crippen molar-refractivity contribution >= 4 is 43.6 Å². The lowest BCUT2D eigenvalue weighted by Crippen LogP contribution is -2.01. The van der Waals surface area contributed by atoms with E-state index < -0.39 is 0 Å². The van der Waals surface area contributed by atoms with Gasteiger partial charge in [0.2, 0.25) is 0 Å². The van der Waals surface area contributed by atoms with Gasteiger partial charge < -0.3 is 9.13 Å². The Morgan fingerprint density at radius 3 is 1.03 bits per heavy atom. The molecule has 4 nitrogen and oxygen atoms in total. The van der Waals surface area contributed by atoms with Crippen LogP contribution in [0, 0.1) is 0 Å². The predicted octanol–water partition coefficient (Wildman–Crippen LogP) is 18.3. The van der Waals surface area contributed by atoms with Crippen molar-refractivity contribution in [3.8, 4) is 89.8 Å². The summed E-state index contributed by atoms with van der Waals surface area (Å²) in [7, 11) is 0. The first-order chi connectivity index (χ1) is 36.7. The summed E-state index contributed by atoms with van der Waals surface area (Å²) in [6, 6.07) is 100. The van der Waals surface area contributed by atoms with Gasteiger partial charge in [0.25, 0.3) is 0 Å². The van der Waals surface area contributed by atoms with Gasteiger partial charge in [-0.1, -0.05) is 206 Å². The number of hydrogen-bond donors (Lipinski definition) is 0. The van der Waals surface area contributed by atoms with Gasteiger partial charge in [-0.2, -0.15) is 0 Å². The van der Waals surface area contributed by atoms with E-state index in [1.807, 2.05) is 24.3 Å². The van der Waals surface area contributed by atoms with Crippen molar-refractivity contribution < 1.29 is 0 Å². The van der Waals surface area contributed by atoms with E-state index in [0.29, 0.717) is 5.82 Å². The summed E-state index contributed by atoms with van der Waals surface area (Å²) in [6.45, 7) is 0. The van der Waals surface area contributed by atoms with E-state index in [1.165, 1.54) is 66.1 Å². The highest BCUT2D eigenvalue weighted by molar-refractivity contribution is 6.12. The van der Waals surface area contributed by atoms with Gasteiger partial charge in [-0.25, -0.2) is 9.97 Å². The van der Waals surface area contributed by atoms with E-state index in [0.717, 1.165) is 61.5 Å². The topological polar surface area (TPSA) is 35.6 Å². The largest absolute Gasteiger partial charge is 0.309 e. The van der Waals surface area contributed by atoms with Crippen molar-refractivity contribution in [2.24, 2.45) is 0 Å². The molecule has 3 heterocycles. The monoisotopic (exact) mass is 942 g/mol. The summed E-state index contributed by atoms with van der Waals surface area (Å²) in [5.74, 6) is 0.676. The SMILES string of the molecule is c1ccc(-c2cccc(-c3ccc4c(c3)c3ccccc3n4-c3cc(-c4cc(-c5ccccc5)nc(-c5ccccc5)n4)cc(-n4c5ccccc5c5cc(-c6cccc(-c7ccccc7)c6)ccc54)c3)c2)cc1. The maximum Gasteiger partial charge on any atom is 0.160 e. The third-order valence-electron chi connectivity index (χ3n) is 14.5. The molecule has 0 fully saturated rings. The standard InChI is InChI=1S/C70H46N4/c1-5-19-47(20-6-1)51-27-17-29-53(39-51)55-35-37-68-62(43-55)60-31-13-15-33-66(60)73(68)58-41-57(65-46-64(49-23-9-3-10-24-49)71-70(72-65)50-25-11-4-12-26-50)42-59(45-58)74-67-34-16-14-32-61(67)63-44-56(36-38-69(63)74)54-30-18-28-52(40-54)48-21-7-2-8-22-48/h1-46H. The molecule has 14 rings (SSSR count). The van der Waals surface area contributed by atoms with Gasteiger partial charge in [0, 0.05) is 49.6 Å². The molecule has 4 heteroatoms. The molecule has 0 saturated heterocycles. The molecule has 0 aliphatic carbocycles. The first-order valence-electron chi connectivity index (χ1n) is 25.2. The van der Waals surface area contributed by atoms with Crippen molar-refractivity contribution in [1.82, 2.24) is 19.1 Å². The van der Waals surface area contributed by atoms with Crippen molar-refractivity contribution in [3.05, 3.63) is 279 Å². The molecule has 0 N–H and O–H groups in total. The van der Waals surface area contributed by atoms with Crippen LogP contribution in [0.1, 0.15) is 0 Å². The van der Waals surface area contributed by atoms with Crippen LogP contribution in [0.15, 0.2) is 279 Å². The van der Waals surface area contributed by atoms with Crippen molar-refractivity contribution in [2.75, 3.05) is 0 Å². The molecule has 11 aromatic carbocycles. The number of hydrogen-bond acceptors (Lipinski definition) is 2. The summed E-state index contributed by atoms with van der Waals surface area (Å²) in [6.07, 6.45) is 0. The second-order valence-electron chi connectivity index (χ2n) is 19.0. The number of nitrogens with zero attached hydrogens (tertiary/aromatic N) is 4. The zero-order valence-electron chi connectivity index (χ0n) is 40.3. The first kappa shape index (κ1) is 42.9. The fourth-order valence-corrected chi connectivity index (χ4v) is 10.9. The maximum absolute atomic E-state index is 5.41. The fourth-order valence-electron chi connectivity index (χ4n) is 10.9. The molecule has 0 saturated carbocycles. The molecule has 0 bridgehead atoms.